The number of anilines is 1. The minimum Gasteiger partial charge on any atom is -0.497 e. The van der Waals surface area contributed by atoms with E-state index in [2.05, 4.69) is 26.0 Å². The van der Waals surface area contributed by atoms with E-state index in [1.807, 2.05) is 18.2 Å². The third-order valence-electron chi connectivity index (χ3n) is 3.76. The van der Waals surface area contributed by atoms with E-state index in [9.17, 15) is 0 Å². The van der Waals surface area contributed by atoms with Crippen LogP contribution in [0.1, 0.15) is 24.0 Å². The van der Waals surface area contributed by atoms with Gasteiger partial charge in [-0.2, -0.15) is 0 Å². The number of hydrogen-bond acceptors (Lipinski definition) is 4. The zero-order valence-electron chi connectivity index (χ0n) is 14.1. The first kappa shape index (κ1) is 17.0. The number of aryl methyl sites for hydroxylation is 2. The fourth-order valence-electron chi connectivity index (χ4n) is 2.16. The van der Waals surface area contributed by atoms with Gasteiger partial charge in [0.05, 0.1) is 26.0 Å². The van der Waals surface area contributed by atoms with Crippen molar-refractivity contribution in [3.8, 4) is 17.2 Å². The van der Waals surface area contributed by atoms with Gasteiger partial charge in [-0.15, -0.1) is 0 Å². The number of nitrogens with two attached hydrogens (primary N) is 1. The van der Waals surface area contributed by atoms with Crippen LogP contribution in [0.4, 0.5) is 5.69 Å². The van der Waals surface area contributed by atoms with Gasteiger partial charge >= 0.3 is 0 Å². The highest BCUT2D eigenvalue weighted by atomic mass is 16.5. The molecule has 0 heterocycles. The maximum absolute atomic E-state index is 5.91. The van der Waals surface area contributed by atoms with Gasteiger partial charge in [0.25, 0.3) is 0 Å². The molecule has 4 heteroatoms. The molecule has 0 unspecified atom stereocenters. The number of benzene rings is 2. The molecule has 4 nitrogen and oxygen atoms in total. The molecule has 0 aliphatic carbocycles. The van der Waals surface area contributed by atoms with E-state index in [0.717, 1.165) is 24.3 Å². The summed E-state index contributed by atoms with van der Waals surface area (Å²) in [6.45, 7) is 5.49. The van der Waals surface area contributed by atoms with E-state index in [1.165, 1.54) is 11.1 Å². The molecular formula is C19H25NO3. The number of unbranched alkanes of at least 4 members (excludes halogenated alkanes) is 1. The summed E-state index contributed by atoms with van der Waals surface area (Å²) in [4.78, 5) is 0. The molecule has 0 radical (unpaired) electrons. The molecule has 124 valence electrons. The van der Waals surface area contributed by atoms with Crippen LogP contribution >= 0.6 is 0 Å². The van der Waals surface area contributed by atoms with Crippen LogP contribution in [0.15, 0.2) is 36.4 Å². The zero-order chi connectivity index (χ0) is 16.7. The summed E-state index contributed by atoms with van der Waals surface area (Å²) < 4.78 is 16.6. The molecule has 0 saturated heterocycles. The Bertz CT molecular complexity index is 641. The lowest BCUT2D eigenvalue weighted by Gasteiger charge is -2.11. The standard InChI is InChI=1S/C19H25NO3/c1-14-6-7-17(12-15(14)2)22-10-4-5-11-23-19-9-8-16(21-3)13-18(19)20/h6-9,12-13H,4-5,10-11,20H2,1-3H3. The second-order valence-corrected chi connectivity index (χ2v) is 5.55. The minimum atomic E-state index is 0.593. The molecule has 2 N–H and O–H groups in total. The van der Waals surface area contributed by atoms with Crippen LogP contribution in [0.2, 0.25) is 0 Å². The third-order valence-corrected chi connectivity index (χ3v) is 3.76. The van der Waals surface area contributed by atoms with Crippen molar-refractivity contribution in [3.63, 3.8) is 0 Å². The fraction of sp³-hybridized carbons (Fsp3) is 0.368. The van der Waals surface area contributed by atoms with Crippen LogP contribution in [0.3, 0.4) is 0 Å². The lowest BCUT2D eigenvalue weighted by atomic mass is 10.1. The molecular weight excluding hydrogens is 290 g/mol. The minimum absolute atomic E-state index is 0.593. The summed E-state index contributed by atoms with van der Waals surface area (Å²) in [6, 6.07) is 11.6. The molecule has 0 spiro atoms. The van der Waals surface area contributed by atoms with Gasteiger partial charge in [-0.3, -0.25) is 0 Å². The van der Waals surface area contributed by atoms with Crippen LogP contribution in [-0.4, -0.2) is 20.3 Å². The smallest absolute Gasteiger partial charge is 0.142 e. The van der Waals surface area contributed by atoms with Crippen molar-refractivity contribution in [2.24, 2.45) is 0 Å². The van der Waals surface area contributed by atoms with Crippen molar-refractivity contribution >= 4 is 5.69 Å². The van der Waals surface area contributed by atoms with Gasteiger partial charge in [0.15, 0.2) is 0 Å². The van der Waals surface area contributed by atoms with Crippen LogP contribution < -0.4 is 19.9 Å². The normalized spacial score (nSPS) is 10.4. The Hall–Kier alpha value is -2.36. The summed E-state index contributed by atoms with van der Waals surface area (Å²) in [5.74, 6) is 2.35. The van der Waals surface area contributed by atoms with Crippen LogP contribution in [-0.2, 0) is 0 Å². The van der Waals surface area contributed by atoms with E-state index in [0.29, 0.717) is 24.7 Å². The molecule has 23 heavy (non-hydrogen) atoms. The number of rotatable bonds is 8. The number of methoxy groups -OCH3 is 1. The number of nitrogen functional groups attached to an aromatic ring is 1. The first-order chi connectivity index (χ1) is 11.1. The molecule has 0 aliphatic heterocycles. The molecule has 0 aliphatic rings. The van der Waals surface area contributed by atoms with Crippen LogP contribution in [0, 0.1) is 13.8 Å². The largest absolute Gasteiger partial charge is 0.497 e. The molecule has 0 fully saturated rings. The zero-order valence-corrected chi connectivity index (χ0v) is 14.1. The topological polar surface area (TPSA) is 53.7 Å². The van der Waals surface area contributed by atoms with Crippen molar-refractivity contribution in [2.45, 2.75) is 26.7 Å². The molecule has 0 atom stereocenters. The van der Waals surface area contributed by atoms with Crippen LogP contribution in [0.25, 0.3) is 0 Å². The summed E-state index contributed by atoms with van der Waals surface area (Å²) >= 11 is 0. The molecule has 0 bridgehead atoms. The van der Waals surface area contributed by atoms with E-state index in [-0.39, 0.29) is 0 Å². The van der Waals surface area contributed by atoms with Crippen molar-refractivity contribution in [3.05, 3.63) is 47.5 Å². The van der Waals surface area contributed by atoms with Gasteiger partial charge in [0.2, 0.25) is 0 Å². The van der Waals surface area contributed by atoms with E-state index >= 15 is 0 Å². The van der Waals surface area contributed by atoms with Gasteiger partial charge < -0.3 is 19.9 Å². The first-order valence-electron chi connectivity index (χ1n) is 7.86. The number of hydrogen-bond donors (Lipinski definition) is 1. The monoisotopic (exact) mass is 315 g/mol. The Morgan fingerprint density at radius 3 is 2.17 bits per heavy atom. The molecule has 0 amide bonds. The second kappa shape index (κ2) is 8.32. The molecule has 2 rings (SSSR count). The Morgan fingerprint density at radius 1 is 0.826 bits per heavy atom. The van der Waals surface area contributed by atoms with Crippen molar-refractivity contribution in [1.82, 2.24) is 0 Å². The quantitative estimate of drug-likeness (QED) is 0.588. The molecule has 2 aromatic rings. The van der Waals surface area contributed by atoms with Crippen molar-refractivity contribution < 1.29 is 14.2 Å². The van der Waals surface area contributed by atoms with Crippen molar-refractivity contribution in [2.75, 3.05) is 26.1 Å². The van der Waals surface area contributed by atoms with E-state index < -0.39 is 0 Å². The predicted octanol–water partition coefficient (Wildman–Crippen LogP) is 4.13. The summed E-state index contributed by atoms with van der Waals surface area (Å²) in [6.07, 6.45) is 1.85. The molecule has 2 aromatic carbocycles. The molecule has 0 saturated carbocycles. The first-order valence-corrected chi connectivity index (χ1v) is 7.86. The summed E-state index contributed by atoms with van der Waals surface area (Å²) in [5.41, 5.74) is 9.03. The summed E-state index contributed by atoms with van der Waals surface area (Å²) in [5, 5.41) is 0. The van der Waals surface area contributed by atoms with Gasteiger partial charge in [-0.1, -0.05) is 6.07 Å². The Kier molecular flexibility index (Phi) is 6.15. The highest BCUT2D eigenvalue weighted by Gasteiger charge is 2.02. The van der Waals surface area contributed by atoms with Gasteiger partial charge in [0.1, 0.15) is 17.2 Å². The lowest BCUT2D eigenvalue weighted by Crippen LogP contribution is -2.04. The highest BCUT2D eigenvalue weighted by molar-refractivity contribution is 5.56. The average molecular weight is 315 g/mol. The SMILES string of the molecule is COc1ccc(OCCCCOc2ccc(C)c(C)c2)c(N)c1. The maximum atomic E-state index is 5.91. The van der Waals surface area contributed by atoms with Gasteiger partial charge in [-0.05, 0) is 62.1 Å². The second-order valence-electron chi connectivity index (χ2n) is 5.55. The Labute approximate surface area is 138 Å². The van der Waals surface area contributed by atoms with Gasteiger partial charge in [-0.25, -0.2) is 0 Å². The molecule has 0 aromatic heterocycles. The van der Waals surface area contributed by atoms with Crippen LogP contribution in [0.5, 0.6) is 17.2 Å². The highest BCUT2D eigenvalue weighted by Crippen LogP contribution is 2.26. The predicted molar refractivity (Wildman–Crippen MR) is 93.5 cm³/mol. The number of ether oxygens (including phenoxy) is 3. The summed E-state index contributed by atoms with van der Waals surface area (Å²) in [7, 11) is 1.62. The van der Waals surface area contributed by atoms with E-state index in [4.69, 9.17) is 19.9 Å². The average Bonchev–Trinajstić information content (AvgIpc) is 2.55. The van der Waals surface area contributed by atoms with Gasteiger partial charge in [0, 0.05) is 6.07 Å². The Morgan fingerprint density at radius 2 is 1.52 bits per heavy atom. The van der Waals surface area contributed by atoms with E-state index in [1.54, 1.807) is 13.2 Å². The Balaban J connectivity index is 1.67. The van der Waals surface area contributed by atoms with Crippen molar-refractivity contribution in [1.29, 1.82) is 0 Å². The fourth-order valence-corrected chi connectivity index (χ4v) is 2.16. The lowest BCUT2D eigenvalue weighted by molar-refractivity contribution is 0.267. The maximum Gasteiger partial charge on any atom is 0.142 e. The third kappa shape index (κ3) is 5.09.